The minimum atomic E-state index is -0.175. The van der Waals surface area contributed by atoms with Gasteiger partial charge in [-0.1, -0.05) is 12.1 Å². The normalized spacial score (nSPS) is 20.5. The molecule has 1 aromatic carbocycles. The first-order chi connectivity index (χ1) is 17.0. The zero-order valence-corrected chi connectivity index (χ0v) is 20.8. The summed E-state index contributed by atoms with van der Waals surface area (Å²) in [6, 6.07) is 10.7. The molecule has 4 heterocycles. The van der Waals surface area contributed by atoms with Crippen molar-refractivity contribution in [2.24, 2.45) is 0 Å². The lowest BCUT2D eigenvalue weighted by Gasteiger charge is -2.34. The van der Waals surface area contributed by atoms with Crippen molar-refractivity contribution in [1.82, 2.24) is 14.4 Å². The molecule has 7 nitrogen and oxygen atoms in total. The van der Waals surface area contributed by atoms with Crippen LogP contribution < -0.4 is 4.74 Å². The number of benzene rings is 1. The Morgan fingerprint density at radius 2 is 2.00 bits per heavy atom. The summed E-state index contributed by atoms with van der Waals surface area (Å²) >= 11 is 0. The topological polar surface area (TPSA) is 70.7 Å². The molecule has 1 atom stereocenters. The Kier molecular flexibility index (Phi) is 6.94. The number of nitrogens with zero attached hydrogens (tertiary/aromatic N) is 4. The summed E-state index contributed by atoms with van der Waals surface area (Å²) in [5, 5.41) is 9.80. The van der Waals surface area contributed by atoms with Crippen LogP contribution in [0.4, 0.5) is 0 Å². The lowest BCUT2D eigenvalue weighted by molar-refractivity contribution is -0.128. The molecular formula is C28H34N4O3. The lowest BCUT2D eigenvalue weighted by Crippen LogP contribution is -2.48. The Bertz CT molecular complexity index is 1160. The number of aryl methyl sites for hydroxylation is 1. The van der Waals surface area contributed by atoms with Crippen LogP contribution in [0.1, 0.15) is 40.9 Å². The first-order valence-corrected chi connectivity index (χ1v) is 12.7. The highest BCUT2D eigenvalue weighted by atomic mass is 16.5. The van der Waals surface area contributed by atoms with Crippen LogP contribution in [-0.2, 0) is 29.0 Å². The van der Waals surface area contributed by atoms with Crippen LogP contribution in [0.5, 0.6) is 5.75 Å². The van der Waals surface area contributed by atoms with Gasteiger partial charge in [0.15, 0.2) is 0 Å². The van der Waals surface area contributed by atoms with Crippen molar-refractivity contribution >= 4 is 12.0 Å². The molecule has 184 valence electrons. The summed E-state index contributed by atoms with van der Waals surface area (Å²) in [6.45, 7) is 10.3. The molecule has 3 aliphatic heterocycles. The number of hydrogen-bond donors (Lipinski definition) is 0. The average Bonchev–Trinajstić information content (AvgIpc) is 3.61. The van der Waals surface area contributed by atoms with E-state index >= 15 is 0 Å². The number of rotatable bonds is 6. The van der Waals surface area contributed by atoms with Gasteiger partial charge >= 0.3 is 0 Å². The molecule has 0 spiro atoms. The van der Waals surface area contributed by atoms with E-state index in [0.29, 0.717) is 13.1 Å². The zero-order chi connectivity index (χ0) is 24.4. The van der Waals surface area contributed by atoms with Crippen molar-refractivity contribution in [3.05, 3.63) is 57.9 Å². The molecule has 2 saturated heterocycles. The van der Waals surface area contributed by atoms with Crippen LogP contribution in [0.2, 0.25) is 0 Å². The Hall–Kier alpha value is -3.08. The number of aromatic nitrogens is 1. The van der Waals surface area contributed by atoms with Crippen molar-refractivity contribution in [2.75, 3.05) is 39.4 Å². The summed E-state index contributed by atoms with van der Waals surface area (Å²) in [4.78, 5) is 17.4. The molecule has 0 N–H and O–H groups in total. The number of hydrogen-bond acceptors (Lipinski definition) is 5. The molecule has 35 heavy (non-hydrogen) atoms. The highest BCUT2D eigenvalue weighted by Crippen LogP contribution is 2.27. The molecule has 5 rings (SSSR count). The summed E-state index contributed by atoms with van der Waals surface area (Å²) < 4.78 is 13.7. The second-order valence-corrected chi connectivity index (χ2v) is 9.85. The molecular weight excluding hydrogens is 440 g/mol. The summed E-state index contributed by atoms with van der Waals surface area (Å²) in [6.07, 6.45) is 5.17. The lowest BCUT2D eigenvalue weighted by atomic mass is 10.1. The number of fused-ring (bicyclic) bond motifs is 1. The smallest absolute Gasteiger partial charge is 0.264 e. The maximum absolute atomic E-state index is 13.2. The summed E-state index contributed by atoms with van der Waals surface area (Å²) in [7, 11) is 0. The largest absolute Gasteiger partial charge is 0.493 e. The van der Waals surface area contributed by atoms with Gasteiger partial charge in [0.1, 0.15) is 17.4 Å². The molecule has 2 aromatic rings. The van der Waals surface area contributed by atoms with Gasteiger partial charge in [0.25, 0.3) is 5.91 Å². The number of nitriles is 1. The van der Waals surface area contributed by atoms with Gasteiger partial charge in [-0.2, -0.15) is 5.26 Å². The molecule has 2 fully saturated rings. The second kappa shape index (κ2) is 10.3. The van der Waals surface area contributed by atoms with E-state index in [0.717, 1.165) is 81.4 Å². The Morgan fingerprint density at radius 1 is 1.17 bits per heavy atom. The van der Waals surface area contributed by atoms with Crippen LogP contribution in [0.15, 0.2) is 29.8 Å². The molecule has 7 heteroatoms. The molecule has 1 unspecified atom stereocenters. The van der Waals surface area contributed by atoms with Crippen LogP contribution >= 0.6 is 0 Å². The second-order valence-electron chi connectivity index (χ2n) is 9.85. The standard InChI is InChI=1S/C28H34N4O3/c1-20-14-24(21(2)32(20)19-26-4-3-12-34-26)16-25(17-29)28(33)31-10-8-30(9-11-31)18-22-5-6-27-23(15-22)7-13-35-27/h5-6,14-16,26H,3-4,7-13,18-19H2,1-2H3/b25-16+. The molecule has 0 aliphatic carbocycles. The van der Waals surface area contributed by atoms with Crippen molar-refractivity contribution in [3.8, 4) is 11.8 Å². The van der Waals surface area contributed by atoms with Gasteiger partial charge in [-0.05, 0) is 61.6 Å². The molecule has 0 bridgehead atoms. The monoisotopic (exact) mass is 474 g/mol. The number of piperazine rings is 1. The SMILES string of the molecule is Cc1cc(/C=C(\C#N)C(=O)N2CCN(Cc3ccc4c(c3)CCO4)CC2)c(C)n1CC1CCCO1. The van der Waals surface area contributed by atoms with E-state index in [2.05, 4.69) is 53.6 Å². The Morgan fingerprint density at radius 3 is 2.74 bits per heavy atom. The highest BCUT2D eigenvalue weighted by Gasteiger charge is 2.25. The van der Waals surface area contributed by atoms with E-state index in [1.54, 1.807) is 6.08 Å². The third-order valence-electron chi connectivity index (χ3n) is 7.49. The quantitative estimate of drug-likeness (QED) is 0.474. The van der Waals surface area contributed by atoms with Gasteiger partial charge in [0.2, 0.25) is 0 Å². The predicted octanol–water partition coefficient (Wildman–Crippen LogP) is 3.47. The fourth-order valence-electron chi connectivity index (χ4n) is 5.42. The Labute approximate surface area is 207 Å². The minimum Gasteiger partial charge on any atom is -0.493 e. The van der Waals surface area contributed by atoms with Gasteiger partial charge < -0.3 is 18.9 Å². The minimum absolute atomic E-state index is 0.175. The van der Waals surface area contributed by atoms with Crippen LogP contribution in [0.3, 0.4) is 0 Å². The van der Waals surface area contributed by atoms with E-state index in [4.69, 9.17) is 9.47 Å². The first-order valence-electron chi connectivity index (χ1n) is 12.7. The van der Waals surface area contributed by atoms with E-state index in [1.807, 2.05) is 4.90 Å². The van der Waals surface area contributed by atoms with Crippen molar-refractivity contribution in [1.29, 1.82) is 5.26 Å². The Balaban J connectivity index is 1.21. The van der Waals surface area contributed by atoms with Crippen molar-refractivity contribution < 1.29 is 14.3 Å². The fraction of sp³-hybridized carbons (Fsp3) is 0.500. The number of carbonyl (C=O) groups excluding carboxylic acids is 1. The van der Waals surface area contributed by atoms with Crippen molar-refractivity contribution in [2.45, 2.75) is 52.3 Å². The zero-order valence-electron chi connectivity index (χ0n) is 20.8. The predicted molar refractivity (Wildman–Crippen MR) is 134 cm³/mol. The van der Waals surface area contributed by atoms with Gasteiger partial charge in [-0.3, -0.25) is 9.69 Å². The third kappa shape index (κ3) is 5.14. The maximum atomic E-state index is 13.2. The van der Waals surface area contributed by atoms with Gasteiger partial charge in [-0.15, -0.1) is 0 Å². The van der Waals surface area contributed by atoms with Crippen LogP contribution in [0, 0.1) is 25.2 Å². The number of ether oxygens (including phenoxy) is 2. The summed E-state index contributed by atoms with van der Waals surface area (Å²) in [5.74, 6) is 0.832. The summed E-state index contributed by atoms with van der Waals surface area (Å²) in [5.41, 5.74) is 5.91. The van der Waals surface area contributed by atoms with Gasteiger partial charge in [0, 0.05) is 63.7 Å². The van der Waals surface area contributed by atoms with Crippen molar-refractivity contribution in [3.63, 3.8) is 0 Å². The number of carbonyl (C=O) groups is 1. The number of amides is 1. The fourth-order valence-corrected chi connectivity index (χ4v) is 5.42. The first kappa shape index (κ1) is 23.7. The molecule has 3 aliphatic rings. The maximum Gasteiger partial charge on any atom is 0.264 e. The average molecular weight is 475 g/mol. The van der Waals surface area contributed by atoms with E-state index in [-0.39, 0.29) is 17.6 Å². The van der Waals surface area contributed by atoms with Gasteiger partial charge in [0.05, 0.1) is 12.7 Å². The third-order valence-corrected chi connectivity index (χ3v) is 7.49. The molecule has 1 aromatic heterocycles. The van der Waals surface area contributed by atoms with Crippen LogP contribution in [0.25, 0.3) is 6.08 Å². The van der Waals surface area contributed by atoms with Crippen LogP contribution in [-0.4, -0.2) is 65.8 Å². The highest BCUT2D eigenvalue weighted by molar-refractivity contribution is 6.01. The molecule has 0 saturated carbocycles. The van der Waals surface area contributed by atoms with E-state index in [9.17, 15) is 10.1 Å². The van der Waals surface area contributed by atoms with E-state index < -0.39 is 0 Å². The van der Waals surface area contributed by atoms with Gasteiger partial charge in [-0.25, -0.2) is 0 Å². The van der Waals surface area contributed by atoms with E-state index in [1.165, 1.54) is 11.1 Å². The molecule has 0 radical (unpaired) electrons. The molecule has 1 amide bonds.